The average molecular weight is 378 g/mol. The van der Waals surface area contributed by atoms with E-state index in [1.54, 1.807) is 12.1 Å². The number of fused-ring (bicyclic) bond motifs is 1. The Hall–Kier alpha value is -3.08. The van der Waals surface area contributed by atoms with Gasteiger partial charge in [-0.05, 0) is 42.2 Å². The van der Waals surface area contributed by atoms with Crippen molar-refractivity contribution in [2.45, 2.75) is 39.2 Å². The normalized spacial score (nSPS) is 12.6. The van der Waals surface area contributed by atoms with Gasteiger partial charge in [-0.1, -0.05) is 51.1 Å². The highest BCUT2D eigenvalue weighted by atomic mass is 16.3. The van der Waals surface area contributed by atoms with E-state index in [1.165, 1.54) is 0 Å². The third-order valence-corrected chi connectivity index (χ3v) is 4.67. The molecule has 5 nitrogen and oxygen atoms in total. The van der Waals surface area contributed by atoms with Crippen LogP contribution in [0.4, 0.5) is 0 Å². The fraction of sp³-hybridized carbons (Fsp3) is 0.304. The smallest absolute Gasteiger partial charge is 0.251 e. The summed E-state index contributed by atoms with van der Waals surface area (Å²) in [6.07, 6.45) is 0. The Balaban J connectivity index is 1.54. The van der Waals surface area contributed by atoms with E-state index in [0.717, 1.165) is 16.5 Å². The molecule has 0 aliphatic carbocycles. The van der Waals surface area contributed by atoms with Crippen LogP contribution in [0.25, 0.3) is 11.0 Å². The zero-order valence-electron chi connectivity index (χ0n) is 16.7. The number of nitrogens with one attached hydrogen (secondary N) is 2. The Morgan fingerprint density at radius 2 is 1.71 bits per heavy atom. The molecule has 0 spiro atoms. The highest BCUT2D eigenvalue weighted by molar-refractivity contribution is 5.96. The lowest BCUT2D eigenvalue weighted by Crippen LogP contribution is -2.37. The van der Waals surface area contributed by atoms with E-state index in [-0.39, 0.29) is 29.8 Å². The zero-order chi connectivity index (χ0) is 20.3. The second-order valence-electron chi connectivity index (χ2n) is 7.99. The summed E-state index contributed by atoms with van der Waals surface area (Å²) < 4.78 is 5.76. The fourth-order valence-electron chi connectivity index (χ4n) is 2.96. The van der Waals surface area contributed by atoms with Gasteiger partial charge in [0.25, 0.3) is 5.91 Å². The van der Waals surface area contributed by atoms with Crippen LogP contribution in [0, 0.1) is 0 Å². The van der Waals surface area contributed by atoms with Crippen LogP contribution in [-0.2, 0) is 10.2 Å². The second-order valence-corrected chi connectivity index (χ2v) is 7.99. The molecular weight excluding hydrogens is 352 g/mol. The summed E-state index contributed by atoms with van der Waals surface area (Å²) in [5, 5.41) is 6.50. The lowest BCUT2D eigenvalue weighted by molar-refractivity contribution is -0.120. The van der Waals surface area contributed by atoms with Crippen molar-refractivity contribution in [2.75, 3.05) is 6.54 Å². The molecule has 0 aliphatic rings. The van der Waals surface area contributed by atoms with Gasteiger partial charge in [0.1, 0.15) is 11.3 Å². The summed E-state index contributed by atoms with van der Waals surface area (Å²) in [6, 6.07) is 16.8. The van der Waals surface area contributed by atoms with E-state index >= 15 is 0 Å². The molecule has 28 heavy (non-hydrogen) atoms. The standard InChI is InChI=1S/C23H26N2O3/c1-15(20-13-17-7-5-6-8-19(17)28-20)25-21(26)14-24-22(27)16-9-11-18(12-10-16)23(2,3)4/h5-13,15H,14H2,1-4H3,(H,24,27)(H,25,26). The zero-order valence-corrected chi connectivity index (χ0v) is 16.7. The molecule has 1 unspecified atom stereocenters. The van der Waals surface area contributed by atoms with Crippen molar-refractivity contribution in [3.63, 3.8) is 0 Å². The summed E-state index contributed by atoms with van der Waals surface area (Å²) in [4.78, 5) is 24.5. The summed E-state index contributed by atoms with van der Waals surface area (Å²) >= 11 is 0. The van der Waals surface area contributed by atoms with Crippen molar-refractivity contribution >= 4 is 22.8 Å². The number of amides is 2. The van der Waals surface area contributed by atoms with Gasteiger partial charge in [-0.2, -0.15) is 0 Å². The molecule has 1 aromatic heterocycles. The minimum atomic E-state index is -0.289. The van der Waals surface area contributed by atoms with Gasteiger partial charge in [-0.3, -0.25) is 9.59 Å². The van der Waals surface area contributed by atoms with Crippen LogP contribution in [0.5, 0.6) is 0 Å². The number of carbonyl (C=O) groups excluding carboxylic acids is 2. The minimum absolute atomic E-state index is 0.0294. The lowest BCUT2D eigenvalue weighted by Gasteiger charge is -2.19. The van der Waals surface area contributed by atoms with Gasteiger partial charge in [0, 0.05) is 10.9 Å². The number of furan rings is 1. The van der Waals surface area contributed by atoms with Crippen LogP contribution in [0.3, 0.4) is 0 Å². The van der Waals surface area contributed by atoms with Crippen molar-refractivity contribution in [1.29, 1.82) is 0 Å². The molecule has 3 rings (SSSR count). The minimum Gasteiger partial charge on any atom is -0.459 e. The van der Waals surface area contributed by atoms with Crippen molar-refractivity contribution in [2.24, 2.45) is 0 Å². The molecule has 2 N–H and O–H groups in total. The molecule has 0 radical (unpaired) electrons. The number of rotatable bonds is 5. The SMILES string of the molecule is CC(NC(=O)CNC(=O)c1ccc(C(C)(C)C)cc1)c1cc2ccccc2o1. The van der Waals surface area contributed by atoms with Crippen LogP contribution in [0.2, 0.25) is 0 Å². The van der Waals surface area contributed by atoms with Gasteiger partial charge in [-0.15, -0.1) is 0 Å². The van der Waals surface area contributed by atoms with Crippen molar-refractivity contribution < 1.29 is 14.0 Å². The Morgan fingerprint density at radius 1 is 1.04 bits per heavy atom. The maximum atomic E-state index is 12.3. The number of carbonyl (C=O) groups is 2. The molecule has 146 valence electrons. The number of hydrogen-bond donors (Lipinski definition) is 2. The largest absolute Gasteiger partial charge is 0.459 e. The van der Waals surface area contributed by atoms with Crippen molar-refractivity contribution in [3.05, 3.63) is 71.5 Å². The first-order valence-corrected chi connectivity index (χ1v) is 9.40. The topological polar surface area (TPSA) is 71.3 Å². The van der Waals surface area contributed by atoms with Gasteiger partial charge in [0.15, 0.2) is 0 Å². The number of para-hydroxylation sites is 1. The predicted molar refractivity (Wildman–Crippen MR) is 110 cm³/mol. The molecule has 3 aromatic rings. The fourth-order valence-corrected chi connectivity index (χ4v) is 2.96. The van der Waals surface area contributed by atoms with Gasteiger partial charge in [0.05, 0.1) is 12.6 Å². The molecule has 0 fully saturated rings. The first-order valence-electron chi connectivity index (χ1n) is 9.40. The van der Waals surface area contributed by atoms with Crippen LogP contribution in [0.1, 0.15) is 55.4 Å². The number of benzene rings is 2. The first-order chi connectivity index (χ1) is 13.2. The molecule has 2 aromatic carbocycles. The summed E-state index contributed by atoms with van der Waals surface area (Å²) in [5.41, 5.74) is 2.50. The van der Waals surface area contributed by atoms with Gasteiger partial charge < -0.3 is 15.1 Å². The monoisotopic (exact) mass is 378 g/mol. The number of hydrogen-bond acceptors (Lipinski definition) is 3. The molecule has 2 amide bonds. The molecule has 0 aliphatic heterocycles. The summed E-state index contributed by atoms with van der Waals surface area (Å²) in [6.45, 7) is 8.12. The quantitative estimate of drug-likeness (QED) is 0.694. The van der Waals surface area contributed by atoms with Crippen LogP contribution < -0.4 is 10.6 Å². The van der Waals surface area contributed by atoms with Crippen molar-refractivity contribution in [3.8, 4) is 0 Å². The average Bonchev–Trinajstić information content (AvgIpc) is 3.10. The van der Waals surface area contributed by atoms with Crippen molar-refractivity contribution in [1.82, 2.24) is 10.6 Å². The molecule has 0 bridgehead atoms. The summed E-state index contributed by atoms with van der Waals surface area (Å²) in [5.74, 6) is 0.137. The second kappa shape index (κ2) is 7.89. The summed E-state index contributed by atoms with van der Waals surface area (Å²) in [7, 11) is 0. The van der Waals surface area contributed by atoms with E-state index < -0.39 is 0 Å². The van der Waals surface area contributed by atoms with Gasteiger partial charge in [-0.25, -0.2) is 0 Å². The maximum absolute atomic E-state index is 12.3. The lowest BCUT2D eigenvalue weighted by atomic mass is 9.87. The predicted octanol–water partition coefficient (Wildman–Crippen LogP) is 4.34. The van der Waals surface area contributed by atoms with E-state index in [9.17, 15) is 9.59 Å². The Morgan fingerprint density at radius 3 is 2.36 bits per heavy atom. The maximum Gasteiger partial charge on any atom is 0.251 e. The Bertz CT molecular complexity index is 948. The molecular formula is C23H26N2O3. The Labute approximate surface area is 165 Å². The van der Waals surface area contributed by atoms with Crippen LogP contribution >= 0.6 is 0 Å². The highest BCUT2D eigenvalue weighted by Gasteiger charge is 2.16. The van der Waals surface area contributed by atoms with Gasteiger partial charge >= 0.3 is 0 Å². The third kappa shape index (κ3) is 4.60. The van der Waals surface area contributed by atoms with Crippen LogP contribution in [0.15, 0.2) is 59.0 Å². The van der Waals surface area contributed by atoms with Crippen LogP contribution in [-0.4, -0.2) is 18.4 Å². The third-order valence-electron chi connectivity index (χ3n) is 4.67. The van der Waals surface area contributed by atoms with E-state index in [0.29, 0.717) is 11.3 Å². The first kappa shape index (κ1) is 19.7. The highest BCUT2D eigenvalue weighted by Crippen LogP contribution is 2.24. The molecule has 5 heteroatoms. The van der Waals surface area contributed by atoms with E-state index in [2.05, 4.69) is 31.4 Å². The van der Waals surface area contributed by atoms with E-state index in [4.69, 9.17) is 4.42 Å². The Kier molecular flexibility index (Phi) is 5.54. The van der Waals surface area contributed by atoms with Gasteiger partial charge in [0.2, 0.25) is 5.91 Å². The molecule has 0 saturated carbocycles. The molecule has 0 saturated heterocycles. The molecule has 1 atom stereocenters. The van der Waals surface area contributed by atoms with E-state index in [1.807, 2.05) is 49.4 Å². The molecule has 1 heterocycles.